The first-order valence-electron chi connectivity index (χ1n) is 16.6. The van der Waals surface area contributed by atoms with Gasteiger partial charge in [-0.05, 0) is 88.5 Å². The molecule has 0 amide bonds. The molecule has 2 nitrogen and oxygen atoms in total. The molecule has 2 aliphatic rings. The molecule has 2 aliphatic heterocycles. The van der Waals surface area contributed by atoms with E-state index in [9.17, 15) is 0 Å². The van der Waals surface area contributed by atoms with Crippen LogP contribution in [0.1, 0.15) is 11.1 Å². The Bertz CT molecular complexity index is 2800. The van der Waals surface area contributed by atoms with Gasteiger partial charge in [-0.1, -0.05) is 114 Å². The summed E-state index contributed by atoms with van der Waals surface area (Å²) >= 11 is 0. The van der Waals surface area contributed by atoms with Gasteiger partial charge in [-0.3, -0.25) is 0 Å². The van der Waals surface area contributed by atoms with Crippen LogP contribution in [0.15, 0.2) is 140 Å². The van der Waals surface area contributed by atoms with Crippen molar-refractivity contribution < 1.29 is 0 Å². The Morgan fingerprint density at radius 2 is 1.17 bits per heavy atom. The summed E-state index contributed by atoms with van der Waals surface area (Å²) in [5.41, 5.74) is 18.3. The highest BCUT2D eigenvalue weighted by Gasteiger charge is 2.42. The fourth-order valence-electron chi connectivity index (χ4n) is 9.04. The van der Waals surface area contributed by atoms with Crippen LogP contribution in [0.4, 0.5) is 0 Å². The lowest BCUT2D eigenvalue weighted by molar-refractivity contribution is 1.12. The number of benzene rings is 7. The first-order valence-corrected chi connectivity index (χ1v) is 16.6. The molecular formula is C44H29BN2. The molecule has 0 saturated carbocycles. The summed E-state index contributed by atoms with van der Waals surface area (Å²) in [7, 11) is 0. The molecule has 47 heavy (non-hydrogen) atoms. The number of fused-ring (bicyclic) bond motifs is 9. The maximum Gasteiger partial charge on any atom is 0.253 e. The van der Waals surface area contributed by atoms with Gasteiger partial charge in [0.2, 0.25) is 0 Å². The Morgan fingerprint density at radius 1 is 0.468 bits per heavy atom. The highest BCUT2D eigenvalue weighted by Crippen LogP contribution is 2.46. The zero-order valence-electron chi connectivity index (χ0n) is 26.3. The van der Waals surface area contributed by atoms with E-state index in [0.717, 1.165) is 0 Å². The van der Waals surface area contributed by atoms with Crippen LogP contribution in [-0.2, 0) is 0 Å². The average Bonchev–Trinajstić information content (AvgIpc) is 3.62. The van der Waals surface area contributed by atoms with E-state index in [-0.39, 0.29) is 6.71 Å². The summed E-state index contributed by atoms with van der Waals surface area (Å²) < 4.78 is 5.17. The summed E-state index contributed by atoms with van der Waals surface area (Å²) in [5, 5.41) is 6.61. The second-order valence-electron chi connectivity index (χ2n) is 13.4. The monoisotopic (exact) mass is 596 g/mol. The van der Waals surface area contributed by atoms with E-state index in [4.69, 9.17) is 0 Å². The van der Waals surface area contributed by atoms with Crippen LogP contribution in [0.5, 0.6) is 0 Å². The number of aromatic nitrogens is 2. The van der Waals surface area contributed by atoms with Crippen molar-refractivity contribution in [3.63, 3.8) is 0 Å². The van der Waals surface area contributed by atoms with Crippen LogP contribution in [0.25, 0.3) is 77.2 Å². The fraction of sp³-hybridized carbons (Fsp3) is 0.0455. The number of hydrogen-bond acceptors (Lipinski definition) is 0. The van der Waals surface area contributed by atoms with Crippen LogP contribution in [0, 0.1) is 13.8 Å². The SMILES string of the molecule is Cc1ccc2c(c1)c1cc(C)cc3c1n2-c1cccc2c1B3c1c3ccccc3cc3c(-c4ccccc4)c(-c4ccccc4)n-2c13. The van der Waals surface area contributed by atoms with E-state index in [1.807, 2.05) is 0 Å². The van der Waals surface area contributed by atoms with Crippen LogP contribution < -0.4 is 16.4 Å². The summed E-state index contributed by atoms with van der Waals surface area (Å²) in [5.74, 6) is 0. The molecule has 0 saturated heterocycles. The first-order chi connectivity index (χ1) is 23.2. The lowest BCUT2D eigenvalue weighted by atomic mass is 9.33. The van der Waals surface area contributed by atoms with Gasteiger partial charge in [0.15, 0.2) is 0 Å². The van der Waals surface area contributed by atoms with Gasteiger partial charge < -0.3 is 9.13 Å². The van der Waals surface area contributed by atoms with Gasteiger partial charge >= 0.3 is 0 Å². The van der Waals surface area contributed by atoms with Crippen molar-refractivity contribution in [1.29, 1.82) is 0 Å². The predicted octanol–water partition coefficient (Wildman–Crippen LogP) is 8.97. The minimum absolute atomic E-state index is 0.102. The molecule has 11 rings (SSSR count). The number of aryl methyl sites for hydroxylation is 2. The molecule has 0 radical (unpaired) electrons. The molecule has 9 aromatic rings. The first kappa shape index (κ1) is 25.4. The largest absolute Gasteiger partial charge is 0.310 e. The van der Waals surface area contributed by atoms with E-state index in [1.165, 1.54) is 105 Å². The van der Waals surface area contributed by atoms with Crippen LogP contribution in [0.2, 0.25) is 0 Å². The quantitative estimate of drug-likeness (QED) is 0.176. The summed E-state index contributed by atoms with van der Waals surface area (Å²) in [6.45, 7) is 4.57. The smallest absolute Gasteiger partial charge is 0.253 e. The summed E-state index contributed by atoms with van der Waals surface area (Å²) in [4.78, 5) is 0. The van der Waals surface area contributed by atoms with Crippen molar-refractivity contribution in [3.05, 3.63) is 151 Å². The molecule has 0 bridgehead atoms. The van der Waals surface area contributed by atoms with E-state index < -0.39 is 0 Å². The van der Waals surface area contributed by atoms with Gasteiger partial charge in [0.1, 0.15) is 0 Å². The van der Waals surface area contributed by atoms with Crippen molar-refractivity contribution in [3.8, 4) is 33.8 Å². The van der Waals surface area contributed by atoms with Crippen LogP contribution in [0.3, 0.4) is 0 Å². The number of hydrogen-bond donors (Lipinski definition) is 0. The van der Waals surface area contributed by atoms with Gasteiger partial charge in [0.25, 0.3) is 6.71 Å². The third kappa shape index (κ3) is 3.16. The van der Waals surface area contributed by atoms with Crippen molar-refractivity contribution in [2.75, 3.05) is 0 Å². The van der Waals surface area contributed by atoms with Gasteiger partial charge in [-0.2, -0.15) is 0 Å². The standard InChI is InChI=1S/C44H29BN2/c1-26-20-21-36-32(22-26)33-23-27(2)24-35-43(33)46(36)37-18-11-19-38-41(37)45(35)40-31-17-10-9-16-30(31)25-34-39(28-12-5-3-6-13-28)42(47(38)44(34)40)29-14-7-4-8-15-29/h3-25H,1-2H3. The highest BCUT2D eigenvalue weighted by atomic mass is 15.0. The van der Waals surface area contributed by atoms with E-state index >= 15 is 0 Å². The zero-order valence-corrected chi connectivity index (χ0v) is 26.3. The highest BCUT2D eigenvalue weighted by molar-refractivity contribution is 7.01. The third-order valence-electron chi connectivity index (χ3n) is 10.7. The average molecular weight is 597 g/mol. The Labute approximate surface area is 273 Å². The van der Waals surface area contributed by atoms with Crippen molar-refractivity contribution in [2.45, 2.75) is 13.8 Å². The van der Waals surface area contributed by atoms with E-state index in [2.05, 4.69) is 163 Å². The molecule has 0 aliphatic carbocycles. The molecule has 218 valence electrons. The molecule has 2 aromatic heterocycles. The van der Waals surface area contributed by atoms with Crippen LogP contribution >= 0.6 is 0 Å². The lowest BCUT2D eigenvalue weighted by Gasteiger charge is -2.34. The second-order valence-corrected chi connectivity index (χ2v) is 13.4. The topological polar surface area (TPSA) is 9.86 Å². The Balaban J connectivity index is 1.42. The maximum absolute atomic E-state index is 2.61. The molecule has 3 heteroatoms. The van der Waals surface area contributed by atoms with Gasteiger partial charge in [-0.15, -0.1) is 0 Å². The number of rotatable bonds is 2. The molecule has 0 atom stereocenters. The minimum atomic E-state index is 0.102. The van der Waals surface area contributed by atoms with Crippen molar-refractivity contribution in [2.24, 2.45) is 0 Å². The fourth-order valence-corrected chi connectivity index (χ4v) is 9.04. The Hall–Kier alpha value is -5.80. The number of nitrogens with zero attached hydrogens (tertiary/aromatic N) is 2. The van der Waals surface area contributed by atoms with Crippen molar-refractivity contribution in [1.82, 2.24) is 9.13 Å². The van der Waals surface area contributed by atoms with Crippen molar-refractivity contribution >= 4 is 66.6 Å². The normalized spacial score (nSPS) is 12.9. The van der Waals surface area contributed by atoms with Gasteiger partial charge in [0.05, 0.1) is 16.7 Å². The second kappa shape index (κ2) is 8.93. The summed E-state index contributed by atoms with van der Waals surface area (Å²) in [6.07, 6.45) is 0. The molecular weight excluding hydrogens is 567 g/mol. The van der Waals surface area contributed by atoms with Gasteiger partial charge in [-0.25, -0.2) is 0 Å². The molecule has 4 heterocycles. The molecule has 0 spiro atoms. The summed E-state index contributed by atoms with van der Waals surface area (Å²) in [6, 6.07) is 52.3. The van der Waals surface area contributed by atoms with Crippen LogP contribution in [-0.4, -0.2) is 15.8 Å². The molecule has 0 unspecified atom stereocenters. The van der Waals surface area contributed by atoms with E-state index in [1.54, 1.807) is 0 Å². The zero-order chi connectivity index (χ0) is 31.0. The Kier molecular flexibility index (Phi) is 4.82. The molecule has 0 fully saturated rings. The Morgan fingerprint density at radius 3 is 1.98 bits per heavy atom. The van der Waals surface area contributed by atoms with Gasteiger partial charge in [0, 0.05) is 38.6 Å². The molecule has 0 N–H and O–H groups in total. The third-order valence-corrected chi connectivity index (χ3v) is 10.7. The van der Waals surface area contributed by atoms with E-state index in [0.29, 0.717) is 0 Å². The molecule has 7 aromatic carbocycles. The maximum atomic E-state index is 2.61. The predicted molar refractivity (Wildman–Crippen MR) is 200 cm³/mol. The lowest BCUT2D eigenvalue weighted by Crippen LogP contribution is -2.59. The minimum Gasteiger partial charge on any atom is -0.310 e.